The van der Waals surface area contributed by atoms with Crippen LogP contribution in [0.3, 0.4) is 0 Å². The van der Waals surface area contributed by atoms with E-state index in [1.807, 2.05) is 19.1 Å². The molecule has 1 aromatic carbocycles. The molecule has 62 valence electrons. The van der Waals surface area contributed by atoms with E-state index in [9.17, 15) is 4.79 Å². The molecule has 1 nitrogen and oxygen atoms in total. The number of hydrogen-bond acceptors (Lipinski definition) is 1. The molecule has 0 aliphatic heterocycles. The van der Waals surface area contributed by atoms with E-state index >= 15 is 0 Å². The Balaban J connectivity index is 2.56. The van der Waals surface area contributed by atoms with Crippen molar-refractivity contribution in [3.05, 3.63) is 34.3 Å². The molecule has 0 amide bonds. The lowest BCUT2D eigenvalue weighted by atomic mass is 10.1. The average Bonchev–Trinajstić information content (AvgIpc) is 2.31. The summed E-state index contributed by atoms with van der Waals surface area (Å²) in [4.78, 5) is 11.5. The molecule has 0 radical (unpaired) electrons. The van der Waals surface area contributed by atoms with E-state index in [2.05, 4.69) is 0 Å². The van der Waals surface area contributed by atoms with Gasteiger partial charge in [-0.25, -0.2) is 0 Å². The summed E-state index contributed by atoms with van der Waals surface area (Å²) >= 11 is 5.78. The predicted octanol–water partition coefficient (Wildman–Crippen LogP) is 2.71. The number of ketones is 1. The standard InChI is InChI=1S/C10H9ClO/c1-6-4-7-2-3-8(11)5-9(7)10(6)12/h2-3,5-6H,4H2,1H3/t6-/m1/s1. The van der Waals surface area contributed by atoms with Gasteiger partial charge in [0, 0.05) is 16.5 Å². The summed E-state index contributed by atoms with van der Waals surface area (Å²) in [6.07, 6.45) is 0.866. The molecule has 12 heavy (non-hydrogen) atoms. The van der Waals surface area contributed by atoms with E-state index in [1.165, 1.54) is 0 Å². The zero-order chi connectivity index (χ0) is 8.72. The smallest absolute Gasteiger partial charge is 0.166 e. The first-order valence-corrected chi connectivity index (χ1v) is 4.39. The molecular weight excluding hydrogens is 172 g/mol. The van der Waals surface area contributed by atoms with Crippen LogP contribution in [0.15, 0.2) is 18.2 Å². The highest BCUT2D eigenvalue weighted by atomic mass is 35.5. The average molecular weight is 181 g/mol. The van der Waals surface area contributed by atoms with Crippen molar-refractivity contribution in [2.75, 3.05) is 0 Å². The fraction of sp³-hybridized carbons (Fsp3) is 0.300. The third-order valence-electron chi connectivity index (χ3n) is 2.31. The molecule has 1 aliphatic rings. The van der Waals surface area contributed by atoms with Gasteiger partial charge in [0.15, 0.2) is 5.78 Å². The van der Waals surface area contributed by atoms with Gasteiger partial charge in [-0.05, 0) is 24.1 Å². The van der Waals surface area contributed by atoms with Crippen molar-refractivity contribution in [3.8, 4) is 0 Å². The van der Waals surface area contributed by atoms with Crippen LogP contribution in [0.25, 0.3) is 0 Å². The fourth-order valence-electron chi connectivity index (χ4n) is 1.64. The zero-order valence-corrected chi connectivity index (χ0v) is 7.56. The molecule has 1 aromatic rings. The van der Waals surface area contributed by atoms with E-state index in [0.717, 1.165) is 17.5 Å². The highest BCUT2D eigenvalue weighted by Crippen LogP contribution is 2.28. The Bertz CT molecular complexity index is 344. The molecule has 2 rings (SSSR count). The molecular formula is C10H9ClO. The summed E-state index contributed by atoms with van der Waals surface area (Å²) in [5.74, 6) is 0.367. The normalized spacial score (nSPS) is 21.2. The van der Waals surface area contributed by atoms with Gasteiger partial charge in [0.2, 0.25) is 0 Å². The molecule has 0 spiro atoms. The van der Waals surface area contributed by atoms with Gasteiger partial charge in [-0.15, -0.1) is 0 Å². The Morgan fingerprint density at radius 3 is 3.00 bits per heavy atom. The van der Waals surface area contributed by atoms with Crippen molar-refractivity contribution in [3.63, 3.8) is 0 Å². The lowest BCUT2D eigenvalue weighted by Gasteiger charge is -1.96. The Morgan fingerprint density at radius 1 is 1.50 bits per heavy atom. The summed E-state index contributed by atoms with van der Waals surface area (Å²) in [6.45, 7) is 1.95. The van der Waals surface area contributed by atoms with Gasteiger partial charge in [-0.2, -0.15) is 0 Å². The quantitative estimate of drug-likeness (QED) is 0.600. The second kappa shape index (κ2) is 2.60. The van der Waals surface area contributed by atoms with Crippen LogP contribution in [-0.2, 0) is 6.42 Å². The van der Waals surface area contributed by atoms with E-state index in [1.54, 1.807) is 6.07 Å². The predicted molar refractivity (Wildman–Crippen MR) is 48.7 cm³/mol. The number of Topliss-reactive ketones (excluding diaryl/α,β-unsaturated/α-hetero) is 1. The van der Waals surface area contributed by atoms with Crippen molar-refractivity contribution in [1.82, 2.24) is 0 Å². The molecule has 0 bridgehead atoms. The number of hydrogen-bond donors (Lipinski definition) is 0. The van der Waals surface area contributed by atoms with Crippen LogP contribution in [0, 0.1) is 5.92 Å². The van der Waals surface area contributed by atoms with Crippen molar-refractivity contribution < 1.29 is 4.79 Å². The van der Waals surface area contributed by atoms with Gasteiger partial charge in [0.1, 0.15) is 0 Å². The summed E-state index contributed by atoms with van der Waals surface area (Å²) in [7, 11) is 0. The second-order valence-corrected chi connectivity index (χ2v) is 3.71. The van der Waals surface area contributed by atoms with Crippen molar-refractivity contribution >= 4 is 17.4 Å². The SMILES string of the molecule is C[C@@H]1Cc2ccc(Cl)cc2C1=O. The summed E-state index contributed by atoms with van der Waals surface area (Å²) < 4.78 is 0. The van der Waals surface area contributed by atoms with E-state index in [0.29, 0.717) is 5.02 Å². The van der Waals surface area contributed by atoms with Crippen LogP contribution < -0.4 is 0 Å². The van der Waals surface area contributed by atoms with Gasteiger partial charge < -0.3 is 0 Å². The molecule has 0 unspecified atom stereocenters. The minimum Gasteiger partial charge on any atom is -0.294 e. The first-order valence-electron chi connectivity index (χ1n) is 4.01. The number of fused-ring (bicyclic) bond motifs is 1. The van der Waals surface area contributed by atoms with Crippen LogP contribution in [0.1, 0.15) is 22.8 Å². The van der Waals surface area contributed by atoms with Gasteiger partial charge >= 0.3 is 0 Å². The third-order valence-corrected chi connectivity index (χ3v) is 2.55. The fourth-order valence-corrected chi connectivity index (χ4v) is 1.82. The molecule has 0 fully saturated rings. The molecule has 0 heterocycles. The Labute approximate surface area is 76.4 Å². The van der Waals surface area contributed by atoms with Crippen LogP contribution >= 0.6 is 11.6 Å². The largest absolute Gasteiger partial charge is 0.294 e. The van der Waals surface area contributed by atoms with E-state index in [-0.39, 0.29) is 11.7 Å². The zero-order valence-electron chi connectivity index (χ0n) is 6.80. The number of carbonyl (C=O) groups is 1. The Hall–Kier alpha value is -0.820. The number of halogens is 1. The maximum absolute atomic E-state index is 11.5. The minimum absolute atomic E-state index is 0.137. The lowest BCUT2D eigenvalue weighted by Crippen LogP contribution is -2.02. The first-order chi connectivity index (χ1) is 5.68. The molecule has 0 aromatic heterocycles. The monoisotopic (exact) mass is 180 g/mol. The summed E-state index contributed by atoms with van der Waals surface area (Å²) in [5.41, 5.74) is 1.95. The number of carbonyl (C=O) groups excluding carboxylic acids is 1. The number of benzene rings is 1. The van der Waals surface area contributed by atoms with Crippen LogP contribution in [0.5, 0.6) is 0 Å². The van der Waals surface area contributed by atoms with Crippen molar-refractivity contribution in [2.24, 2.45) is 5.92 Å². The van der Waals surface area contributed by atoms with Crippen molar-refractivity contribution in [1.29, 1.82) is 0 Å². The summed E-state index contributed by atoms with van der Waals surface area (Å²) in [5, 5.41) is 0.649. The Morgan fingerprint density at radius 2 is 2.25 bits per heavy atom. The van der Waals surface area contributed by atoms with E-state index in [4.69, 9.17) is 11.6 Å². The molecule has 2 heteroatoms. The molecule has 0 N–H and O–H groups in total. The maximum atomic E-state index is 11.5. The first kappa shape index (κ1) is 7.81. The molecule has 0 saturated heterocycles. The second-order valence-electron chi connectivity index (χ2n) is 3.27. The van der Waals surface area contributed by atoms with Crippen LogP contribution in [-0.4, -0.2) is 5.78 Å². The highest BCUT2D eigenvalue weighted by molar-refractivity contribution is 6.31. The highest BCUT2D eigenvalue weighted by Gasteiger charge is 2.26. The molecule has 1 aliphatic carbocycles. The maximum Gasteiger partial charge on any atom is 0.166 e. The lowest BCUT2D eigenvalue weighted by molar-refractivity contribution is 0.0946. The van der Waals surface area contributed by atoms with E-state index < -0.39 is 0 Å². The van der Waals surface area contributed by atoms with Crippen LogP contribution in [0.2, 0.25) is 5.02 Å². The topological polar surface area (TPSA) is 17.1 Å². The Kier molecular flexibility index (Phi) is 1.69. The molecule has 0 saturated carbocycles. The number of rotatable bonds is 0. The van der Waals surface area contributed by atoms with Gasteiger partial charge in [0.05, 0.1) is 0 Å². The van der Waals surface area contributed by atoms with Gasteiger partial charge in [-0.1, -0.05) is 24.6 Å². The van der Waals surface area contributed by atoms with Crippen LogP contribution in [0.4, 0.5) is 0 Å². The summed E-state index contributed by atoms with van der Waals surface area (Å²) in [6, 6.07) is 5.55. The van der Waals surface area contributed by atoms with Gasteiger partial charge in [0.25, 0.3) is 0 Å². The van der Waals surface area contributed by atoms with Crippen molar-refractivity contribution in [2.45, 2.75) is 13.3 Å². The minimum atomic E-state index is 0.137. The van der Waals surface area contributed by atoms with Gasteiger partial charge in [-0.3, -0.25) is 4.79 Å². The third kappa shape index (κ3) is 1.05. The molecule has 1 atom stereocenters.